The summed E-state index contributed by atoms with van der Waals surface area (Å²) in [4.78, 5) is 21.3. The van der Waals surface area contributed by atoms with Crippen LogP contribution in [-0.4, -0.2) is 30.4 Å². The lowest BCUT2D eigenvalue weighted by Gasteiger charge is -2.07. The maximum absolute atomic E-state index is 12.7. The molecule has 4 aromatic rings. The molecule has 6 nitrogen and oxygen atoms in total. The van der Waals surface area contributed by atoms with Crippen molar-refractivity contribution in [1.29, 1.82) is 0 Å². The zero-order valence-electron chi connectivity index (χ0n) is 13.1. The van der Waals surface area contributed by atoms with Crippen molar-refractivity contribution in [3.8, 4) is 0 Å². The first-order valence-electron chi connectivity index (χ1n) is 7.59. The van der Waals surface area contributed by atoms with Crippen LogP contribution in [0, 0.1) is 0 Å². The lowest BCUT2D eigenvalue weighted by atomic mass is 10.1. The minimum Gasteiger partial charge on any atom is -0.314 e. The Bertz CT molecular complexity index is 1070. The third kappa shape index (κ3) is 2.56. The number of benzene rings is 1. The van der Waals surface area contributed by atoms with Gasteiger partial charge in [0.05, 0.1) is 10.9 Å². The molecule has 0 aliphatic rings. The Labute approximate surface area is 142 Å². The van der Waals surface area contributed by atoms with Crippen LogP contribution in [0.2, 0.25) is 0 Å². The molecule has 3 aromatic heterocycles. The average molecular weight is 337 g/mol. The Balaban J connectivity index is 1.75. The molecule has 0 atom stereocenters. The molecule has 120 valence electrons. The number of thioether (sulfide) groups is 1. The largest absolute Gasteiger partial charge is 0.314 e. The van der Waals surface area contributed by atoms with Crippen LogP contribution in [0.1, 0.15) is 5.56 Å². The van der Waals surface area contributed by atoms with Crippen LogP contribution in [0.15, 0.2) is 58.7 Å². The van der Waals surface area contributed by atoms with Crippen LogP contribution in [0.25, 0.3) is 16.7 Å². The lowest BCUT2D eigenvalue weighted by molar-refractivity contribution is 0.674. The summed E-state index contributed by atoms with van der Waals surface area (Å²) in [6.45, 7) is 0.629. The fraction of sp³-hybridized carbons (Fsp3) is 0.176. The van der Waals surface area contributed by atoms with Gasteiger partial charge in [-0.15, -0.1) is 5.10 Å². The average Bonchev–Trinajstić information content (AvgIpc) is 3.06. The molecule has 0 bridgehead atoms. The number of aromatic nitrogens is 5. The number of nitrogens with zero attached hydrogens (tertiary/aromatic N) is 5. The molecule has 3 heterocycles. The van der Waals surface area contributed by atoms with Crippen molar-refractivity contribution in [2.24, 2.45) is 0 Å². The second-order valence-corrected chi connectivity index (χ2v) is 6.19. The standard InChI is InChI=1S/C17H15N5OS/c1-24-17-19-16-18-11-13-14(22(16)20-17)8-10-21(15(13)23)9-7-12-5-3-2-4-6-12/h2-6,8,10-11H,7,9H2,1H3. The molecular weight excluding hydrogens is 322 g/mol. The maximum Gasteiger partial charge on any atom is 0.261 e. The van der Waals surface area contributed by atoms with Crippen molar-refractivity contribution >= 4 is 28.4 Å². The predicted molar refractivity (Wildman–Crippen MR) is 94.5 cm³/mol. The summed E-state index contributed by atoms with van der Waals surface area (Å²) < 4.78 is 3.35. The Morgan fingerprint density at radius 3 is 2.79 bits per heavy atom. The quantitative estimate of drug-likeness (QED) is 0.535. The minimum atomic E-state index is -0.0565. The van der Waals surface area contributed by atoms with Gasteiger partial charge in [0.25, 0.3) is 11.3 Å². The third-order valence-corrected chi connectivity index (χ3v) is 4.49. The summed E-state index contributed by atoms with van der Waals surface area (Å²) in [6.07, 6.45) is 6.12. The number of aryl methyl sites for hydroxylation is 2. The van der Waals surface area contributed by atoms with E-state index in [0.717, 1.165) is 11.9 Å². The molecule has 0 N–H and O–H groups in total. The molecule has 7 heteroatoms. The molecular formula is C17H15N5OS. The zero-order chi connectivity index (χ0) is 16.5. The van der Waals surface area contributed by atoms with E-state index in [9.17, 15) is 4.79 Å². The van der Waals surface area contributed by atoms with Crippen LogP contribution >= 0.6 is 11.8 Å². The summed E-state index contributed by atoms with van der Waals surface area (Å²) in [5, 5.41) is 5.57. The van der Waals surface area contributed by atoms with Crippen LogP contribution in [0.4, 0.5) is 0 Å². The van der Waals surface area contributed by atoms with Gasteiger partial charge in [0, 0.05) is 18.9 Å². The monoisotopic (exact) mass is 337 g/mol. The fourth-order valence-corrected chi connectivity index (χ4v) is 3.03. The number of hydrogen-bond donors (Lipinski definition) is 0. The van der Waals surface area contributed by atoms with E-state index in [-0.39, 0.29) is 5.56 Å². The van der Waals surface area contributed by atoms with Gasteiger partial charge in [0.15, 0.2) is 0 Å². The van der Waals surface area contributed by atoms with E-state index in [1.54, 1.807) is 15.3 Å². The van der Waals surface area contributed by atoms with E-state index in [1.807, 2.05) is 36.7 Å². The number of hydrogen-bond acceptors (Lipinski definition) is 5. The van der Waals surface area contributed by atoms with Gasteiger partial charge in [-0.05, 0) is 24.3 Å². The first-order chi connectivity index (χ1) is 11.8. The predicted octanol–water partition coefficient (Wildman–Crippen LogP) is 2.40. The summed E-state index contributed by atoms with van der Waals surface area (Å²) in [5.41, 5.74) is 1.88. The first kappa shape index (κ1) is 14.9. The number of pyridine rings is 1. The van der Waals surface area contributed by atoms with Gasteiger partial charge in [0.1, 0.15) is 0 Å². The second kappa shape index (κ2) is 6.09. The van der Waals surface area contributed by atoms with Gasteiger partial charge >= 0.3 is 0 Å². The Morgan fingerprint density at radius 1 is 1.17 bits per heavy atom. The van der Waals surface area contributed by atoms with Gasteiger partial charge in [-0.25, -0.2) is 4.98 Å². The molecule has 0 unspecified atom stereocenters. The molecule has 0 aliphatic carbocycles. The molecule has 0 fully saturated rings. The van der Waals surface area contributed by atoms with Gasteiger partial charge in [-0.3, -0.25) is 4.79 Å². The Hall–Kier alpha value is -2.67. The molecule has 24 heavy (non-hydrogen) atoms. The maximum atomic E-state index is 12.7. The number of fused-ring (bicyclic) bond motifs is 3. The van der Waals surface area contributed by atoms with Crippen molar-refractivity contribution in [3.63, 3.8) is 0 Å². The van der Waals surface area contributed by atoms with E-state index < -0.39 is 0 Å². The Morgan fingerprint density at radius 2 is 2.00 bits per heavy atom. The highest BCUT2D eigenvalue weighted by atomic mass is 32.2. The molecule has 0 saturated heterocycles. The topological polar surface area (TPSA) is 65.1 Å². The van der Waals surface area contributed by atoms with Gasteiger partial charge < -0.3 is 4.57 Å². The third-order valence-electron chi connectivity index (χ3n) is 3.95. The van der Waals surface area contributed by atoms with E-state index in [0.29, 0.717) is 22.9 Å². The van der Waals surface area contributed by atoms with Crippen LogP contribution < -0.4 is 5.56 Å². The van der Waals surface area contributed by atoms with E-state index in [2.05, 4.69) is 27.2 Å². The molecule has 0 radical (unpaired) electrons. The SMILES string of the molecule is CSc1nc2ncc3c(=O)n(CCc4ccccc4)ccc3n2n1. The molecule has 1 aromatic carbocycles. The van der Waals surface area contributed by atoms with E-state index in [4.69, 9.17) is 0 Å². The second-order valence-electron chi connectivity index (χ2n) is 5.42. The van der Waals surface area contributed by atoms with Crippen molar-refractivity contribution in [2.75, 3.05) is 6.26 Å². The zero-order valence-corrected chi connectivity index (χ0v) is 13.9. The van der Waals surface area contributed by atoms with Crippen molar-refractivity contribution < 1.29 is 0 Å². The van der Waals surface area contributed by atoms with Crippen LogP contribution in [0.5, 0.6) is 0 Å². The fourth-order valence-electron chi connectivity index (χ4n) is 2.70. The normalized spacial score (nSPS) is 11.4. The highest BCUT2D eigenvalue weighted by Crippen LogP contribution is 2.14. The smallest absolute Gasteiger partial charge is 0.261 e. The van der Waals surface area contributed by atoms with Gasteiger partial charge in [-0.2, -0.15) is 9.50 Å². The summed E-state index contributed by atoms with van der Waals surface area (Å²) in [7, 11) is 0. The van der Waals surface area contributed by atoms with Gasteiger partial charge in [-0.1, -0.05) is 42.1 Å². The van der Waals surface area contributed by atoms with Gasteiger partial charge in [0.2, 0.25) is 5.16 Å². The first-order valence-corrected chi connectivity index (χ1v) is 8.81. The van der Waals surface area contributed by atoms with Crippen molar-refractivity contribution in [2.45, 2.75) is 18.1 Å². The molecule has 0 saturated carbocycles. The summed E-state index contributed by atoms with van der Waals surface area (Å²) in [5.74, 6) is 0.508. The van der Waals surface area contributed by atoms with Crippen LogP contribution in [-0.2, 0) is 13.0 Å². The van der Waals surface area contributed by atoms with Crippen LogP contribution in [0.3, 0.4) is 0 Å². The minimum absolute atomic E-state index is 0.0565. The lowest BCUT2D eigenvalue weighted by Crippen LogP contribution is -2.21. The number of rotatable bonds is 4. The summed E-state index contributed by atoms with van der Waals surface area (Å²) >= 11 is 1.45. The molecule has 4 rings (SSSR count). The van der Waals surface area contributed by atoms with E-state index in [1.165, 1.54) is 17.3 Å². The highest BCUT2D eigenvalue weighted by molar-refractivity contribution is 7.98. The molecule has 0 amide bonds. The highest BCUT2D eigenvalue weighted by Gasteiger charge is 2.10. The van der Waals surface area contributed by atoms with E-state index >= 15 is 0 Å². The van der Waals surface area contributed by atoms with Crippen molar-refractivity contribution in [3.05, 3.63) is 64.7 Å². The molecule has 0 aliphatic heterocycles. The molecule has 0 spiro atoms. The van der Waals surface area contributed by atoms with Crippen molar-refractivity contribution in [1.82, 2.24) is 24.1 Å². The summed E-state index contributed by atoms with van der Waals surface area (Å²) in [6, 6.07) is 12.0. The Kier molecular flexibility index (Phi) is 3.78.